The van der Waals surface area contributed by atoms with Crippen molar-refractivity contribution in [2.24, 2.45) is 5.73 Å². The molecule has 2 rings (SSSR count). The molecule has 112 valence electrons. The Balaban J connectivity index is 2.17. The van der Waals surface area contributed by atoms with Crippen molar-refractivity contribution in [1.29, 1.82) is 5.26 Å². The molecule has 0 aliphatic heterocycles. The molecule has 0 aliphatic rings. The molecule has 2 heterocycles. The minimum Gasteiger partial charge on any atom is -0.409 e. The van der Waals surface area contributed by atoms with Crippen LogP contribution in [0.3, 0.4) is 0 Å². The number of amides is 1. The summed E-state index contributed by atoms with van der Waals surface area (Å²) >= 11 is 0. The summed E-state index contributed by atoms with van der Waals surface area (Å²) in [7, 11) is 0. The van der Waals surface area contributed by atoms with Crippen LogP contribution in [0.1, 0.15) is 30.9 Å². The number of carbonyl (C=O) groups excluding carboxylic acids is 1. The molecule has 0 fully saturated rings. The first-order valence-electron chi connectivity index (χ1n) is 6.70. The van der Waals surface area contributed by atoms with Gasteiger partial charge in [0.1, 0.15) is 11.8 Å². The number of nitrogens with two attached hydrogens (primary N) is 1. The zero-order valence-corrected chi connectivity index (χ0v) is 12.4. The largest absolute Gasteiger partial charge is 0.410 e. The van der Waals surface area contributed by atoms with E-state index in [-0.39, 0.29) is 5.41 Å². The fourth-order valence-corrected chi connectivity index (χ4v) is 2.11. The Labute approximate surface area is 128 Å². The molecule has 6 nitrogen and oxygen atoms in total. The number of carbonyl (C=O) groups is 1. The van der Waals surface area contributed by atoms with Crippen LogP contribution >= 0.6 is 0 Å². The zero-order chi connectivity index (χ0) is 16.2. The van der Waals surface area contributed by atoms with Gasteiger partial charge in [-0.3, -0.25) is 4.98 Å². The zero-order valence-electron chi connectivity index (χ0n) is 12.4. The summed E-state index contributed by atoms with van der Waals surface area (Å²) in [6.07, 6.45) is 1.22. The highest BCUT2D eigenvalue weighted by Crippen LogP contribution is 2.26. The first-order valence-corrected chi connectivity index (χ1v) is 6.70. The Kier molecular flexibility index (Phi) is 4.37. The minimum absolute atomic E-state index is 0.286. The quantitative estimate of drug-likeness (QED) is 0.932. The molecule has 0 bridgehead atoms. The Hall–Kier alpha value is -2.94. The molecule has 2 aromatic heterocycles. The monoisotopic (exact) mass is 296 g/mol. The van der Waals surface area contributed by atoms with Gasteiger partial charge in [0.25, 0.3) is 0 Å². The van der Waals surface area contributed by atoms with E-state index in [0.29, 0.717) is 17.9 Å². The average molecular weight is 296 g/mol. The van der Waals surface area contributed by atoms with Crippen molar-refractivity contribution in [2.45, 2.75) is 25.7 Å². The maximum atomic E-state index is 10.7. The van der Waals surface area contributed by atoms with Crippen LogP contribution in [0, 0.1) is 11.3 Å². The maximum Gasteiger partial charge on any atom is 0.410 e. The second kappa shape index (κ2) is 6.22. The fraction of sp³-hybridized carbons (Fsp3) is 0.250. The van der Waals surface area contributed by atoms with Crippen molar-refractivity contribution < 1.29 is 9.53 Å². The number of ether oxygens (including phenoxy) is 1. The van der Waals surface area contributed by atoms with Crippen LogP contribution in [-0.2, 0) is 11.8 Å². The lowest BCUT2D eigenvalue weighted by molar-refractivity contribution is 0.210. The topological polar surface area (TPSA) is 102 Å². The molecular formula is C16H16N4O2. The van der Waals surface area contributed by atoms with Gasteiger partial charge < -0.3 is 10.5 Å². The first-order chi connectivity index (χ1) is 10.4. The molecule has 1 amide bonds. The van der Waals surface area contributed by atoms with Crippen LogP contribution in [-0.4, -0.2) is 16.1 Å². The van der Waals surface area contributed by atoms with Crippen LogP contribution < -0.4 is 10.5 Å². The van der Waals surface area contributed by atoms with Crippen molar-refractivity contribution in [1.82, 2.24) is 9.97 Å². The lowest BCUT2D eigenvalue weighted by Gasteiger charge is -2.23. The van der Waals surface area contributed by atoms with Gasteiger partial charge in [0.05, 0.1) is 6.20 Å². The molecule has 22 heavy (non-hydrogen) atoms. The van der Waals surface area contributed by atoms with E-state index < -0.39 is 6.09 Å². The fourth-order valence-electron chi connectivity index (χ4n) is 2.11. The third-order valence-electron chi connectivity index (χ3n) is 3.20. The highest BCUT2D eigenvalue weighted by molar-refractivity contribution is 5.67. The van der Waals surface area contributed by atoms with Gasteiger partial charge in [-0.2, -0.15) is 5.26 Å². The second-order valence-electron chi connectivity index (χ2n) is 5.49. The second-order valence-corrected chi connectivity index (χ2v) is 5.49. The number of rotatable bonds is 4. The first kappa shape index (κ1) is 15.4. The molecule has 0 saturated carbocycles. The predicted molar refractivity (Wildman–Crippen MR) is 80.1 cm³/mol. The molecule has 0 spiro atoms. The van der Waals surface area contributed by atoms with E-state index in [0.717, 1.165) is 11.4 Å². The lowest BCUT2D eigenvalue weighted by atomic mass is 9.83. The molecule has 2 N–H and O–H groups in total. The van der Waals surface area contributed by atoms with Gasteiger partial charge in [-0.15, -0.1) is 0 Å². The number of aromatic nitrogens is 2. The molecule has 0 aliphatic carbocycles. The SMILES string of the molecule is CC(C)(Cc1ccc(OC(N)=O)cn1)c1cccc(C#N)n1. The summed E-state index contributed by atoms with van der Waals surface area (Å²) in [5, 5.41) is 8.94. The Morgan fingerprint density at radius 1 is 1.36 bits per heavy atom. The molecule has 0 saturated heterocycles. The van der Waals surface area contributed by atoms with Crippen molar-refractivity contribution in [3.05, 3.63) is 53.6 Å². The number of primary amides is 1. The van der Waals surface area contributed by atoms with Gasteiger partial charge in [-0.1, -0.05) is 19.9 Å². The summed E-state index contributed by atoms with van der Waals surface area (Å²) in [6.45, 7) is 4.07. The Morgan fingerprint density at radius 2 is 2.14 bits per heavy atom. The molecule has 2 aromatic rings. The standard InChI is InChI=1S/C16H16N4O2/c1-16(2,14-5-3-4-12(9-17)20-14)8-11-6-7-13(10-19-11)22-15(18)21/h3-7,10H,8H2,1-2H3,(H2,18,21). The highest BCUT2D eigenvalue weighted by Gasteiger charge is 2.23. The summed E-state index contributed by atoms with van der Waals surface area (Å²) in [6, 6.07) is 10.8. The molecule has 0 radical (unpaired) electrons. The van der Waals surface area contributed by atoms with Gasteiger partial charge in [-0.05, 0) is 24.3 Å². The third-order valence-corrected chi connectivity index (χ3v) is 3.20. The van der Waals surface area contributed by atoms with Crippen LogP contribution in [0.5, 0.6) is 5.75 Å². The summed E-state index contributed by atoms with van der Waals surface area (Å²) in [5.74, 6) is 0.304. The number of nitrogens with zero attached hydrogens (tertiary/aromatic N) is 3. The molecule has 0 unspecified atom stereocenters. The van der Waals surface area contributed by atoms with Crippen LogP contribution in [0.25, 0.3) is 0 Å². The van der Waals surface area contributed by atoms with Gasteiger partial charge >= 0.3 is 6.09 Å². The van der Waals surface area contributed by atoms with E-state index in [4.69, 9.17) is 15.7 Å². The van der Waals surface area contributed by atoms with Crippen molar-refractivity contribution in [2.75, 3.05) is 0 Å². The molecule has 0 atom stereocenters. The number of nitriles is 1. The van der Waals surface area contributed by atoms with Crippen molar-refractivity contribution in [3.63, 3.8) is 0 Å². The van der Waals surface area contributed by atoms with Crippen molar-refractivity contribution in [3.8, 4) is 11.8 Å². The molecule has 6 heteroatoms. The predicted octanol–water partition coefficient (Wildman–Crippen LogP) is 2.33. The summed E-state index contributed by atoms with van der Waals surface area (Å²) in [4.78, 5) is 19.3. The third kappa shape index (κ3) is 3.79. The van der Waals surface area contributed by atoms with E-state index in [1.807, 2.05) is 32.0 Å². The Morgan fingerprint density at radius 3 is 2.73 bits per heavy atom. The minimum atomic E-state index is -0.868. The normalized spacial score (nSPS) is 10.8. The number of hydrogen-bond acceptors (Lipinski definition) is 5. The smallest absolute Gasteiger partial charge is 0.409 e. The van der Waals surface area contributed by atoms with Crippen molar-refractivity contribution >= 4 is 6.09 Å². The van der Waals surface area contributed by atoms with E-state index in [9.17, 15) is 4.79 Å². The van der Waals surface area contributed by atoms with Crippen LogP contribution in [0.15, 0.2) is 36.5 Å². The van der Waals surface area contributed by atoms with Gasteiger partial charge in [0.15, 0.2) is 5.75 Å². The maximum absolute atomic E-state index is 10.7. The highest BCUT2D eigenvalue weighted by atomic mass is 16.5. The van der Waals surface area contributed by atoms with Gasteiger partial charge in [-0.25, -0.2) is 9.78 Å². The van der Waals surface area contributed by atoms with E-state index in [2.05, 4.69) is 9.97 Å². The Bertz CT molecular complexity index is 718. The van der Waals surface area contributed by atoms with Gasteiger partial charge in [0.2, 0.25) is 0 Å². The van der Waals surface area contributed by atoms with E-state index >= 15 is 0 Å². The molecule has 0 aromatic carbocycles. The molecular weight excluding hydrogens is 280 g/mol. The number of pyridine rings is 2. The van der Waals surface area contributed by atoms with Gasteiger partial charge in [0, 0.05) is 23.2 Å². The van der Waals surface area contributed by atoms with E-state index in [1.54, 1.807) is 18.2 Å². The summed E-state index contributed by atoms with van der Waals surface area (Å²) < 4.78 is 4.74. The van der Waals surface area contributed by atoms with Crippen LogP contribution in [0.2, 0.25) is 0 Å². The number of hydrogen-bond donors (Lipinski definition) is 1. The summed E-state index contributed by atoms with van der Waals surface area (Å²) in [5.41, 5.74) is 6.70. The lowest BCUT2D eigenvalue weighted by Crippen LogP contribution is -2.23. The van der Waals surface area contributed by atoms with Crippen LogP contribution in [0.4, 0.5) is 4.79 Å². The van der Waals surface area contributed by atoms with E-state index in [1.165, 1.54) is 6.20 Å². The average Bonchev–Trinajstić information content (AvgIpc) is 2.48.